The van der Waals surface area contributed by atoms with Crippen molar-refractivity contribution < 1.29 is 4.79 Å². The van der Waals surface area contributed by atoms with Crippen molar-refractivity contribution in [1.82, 2.24) is 4.57 Å². The topological polar surface area (TPSA) is 22.0 Å². The van der Waals surface area contributed by atoms with Crippen molar-refractivity contribution in [2.24, 2.45) is 5.41 Å². The summed E-state index contributed by atoms with van der Waals surface area (Å²) < 4.78 is 2.30. The van der Waals surface area contributed by atoms with E-state index in [1.807, 2.05) is 17.8 Å². The molecule has 1 aliphatic rings. The van der Waals surface area contributed by atoms with Crippen molar-refractivity contribution >= 4 is 17.5 Å². The number of nitrogens with zero attached hydrogens (tertiary/aromatic N) is 1. The van der Waals surface area contributed by atoms with Crippen LogP contribution in [0, 0.1) is 5.41 Å². The molecule has 0 spiro atoms. The lowest BCUT2D eigenvalue weighted by molar-refractivity contribution is 0.0910. The fraction of sp³-hybridized carbons (Fsp3) is 0.667. The van der Waals surface area contributed by atoms with Crippen LogP contribution in [0.1, 0.15) is 49.2 Å². The van der Waals surface area contributed by atoms with E-state index in [0.29, 0.717) is 12.2 Å². The number of hydrogen-bond acceptors (Lipinski definition) is 2. The Morgan fingerprint density at radius 2 is 2.11 bits per heavy atom. The number of rotatable bonds is 5. The van der Waals surface area contributed by atoms with Crippen molar-refractivity contribution in [2.45, 2.75) is 46.1 Å². The summed E-state index contributed by atoms with van der Waals surface area (Å²) in [5.74, 6) is 1.55. The van der Waals surface area contributed by atoms with Gasteiger partial charge in [0.15, 0.2) is 5.78 Å². The van der Waals surface area contributed by atoms with Gasteiger partial charge in [0.05, 0.1) is 0 Å². The maximum absolute atomic E-state index is 12.1. The summed E-state index contributed by atoms with van der Waals surface area (Å²) in [5, 5.41) is 0. The van der Waals surface area contributed by atoms with Crippen LogP contribution in [0.15, 0.2) is 12.3 Å². The molecule has 0 radical (unpaired) electrons. The number of hydrogen-bond donors (Lipinski definition) is 0. The lowest BCUT2D eigenvalue weighted by atomic mass is 9.76. The summed E-state index contributed by atoms with van der Waals surface area (Å²) in [6.45, 7) is 5.44. The van der Waals surface area contributed by atoms with Crippen molar-refractivity contribution in [2.75, 3.05) is 12.0 Å². The van der Waals surface area contributed by atoms with E-state index in [1.165, 1.54) is 24.3 Å². The summed E-state index contributed by atoms with van der Waals surface area (Å²) in [6, 6.07) is 2.02. The lowest BCUT2D eigenvalue weighted by Gasteiger charge is -2.29. The Kier molecular flexibility index (Phi) is 4.21. The van der Waals surface area contributed by atoms with Gasteiger partial charge in [0.1, 0.15) is 0 Å². The van der Waals surface area contributed by atoms with Gasteiger partial charge in [0.25, 0.3) is 0 Å². The van der Waals surface area contributed by atoms with Gasteiger partial charge >= 0.3 is 0 Å². The molecule has 2 nitrogen and oxygen atoms in total. The number of Topliss-reactive ketones (excluding diaryl/α,β-unsaturated/α-hetero) is 1. The largest absolute Gasteiger partial charge is 0.351 e. The number of carbonyl (C=O) groups is 1. The number of carbonyl (C=O) groups excluding carboxylic acids is 1. The molecule has 0 fully saturated rings. The molecular formula is C15H23NOS. The predicted molar refractivity (Wildman–Crippen MR) is 78.5 cm³/mol. The Labute approximate surface area is 114 Å². The highest BCUT2D eigenvalue weighted by Crippen LogP contribution is 2.35. The van der Waals surface area contributed by atoms with Gasteiger partial charge in [0.2, 0.25) is 0 Å². The molecule has 0 N–H and O–H groups in total. The van der Waals surface area contributed by atoms with E-state index < -0.39 is 0 Å². The van der Waals surface area contributed by atoms with Crippen LogP contribution < -0.4 is 0 Å². The van der Waals surface area contributed by atoms with Crippen LogP contribution in [-0.2, 0) is 13.0 Å². The lowest BCUT2D eigenvalue weighted by Crippen LogP contribution is -2.28. The predicted octanol–water partition coefficient (Wildman–Crippen LogP) is 3.79. The van der Waals surface area contributed by atoms with Gasteiger partial charge in [-0.3, -0.25) is 4.79 Å². The number of ketones is 1. The number of aromatic nitrogens is 1. The van der Waals surface area contributed by atoms with E-state index in [4.69, 9.17) is 0 Å². The average Bonchev–Trinajstić information content (AvgIpc) is 2.66. The molecule has 0 aromatic carbocycles. The molecule has 0 aliphatic heterocycles. The van der Waals surface area contributed by atoms with Crippen LogP contribution in [-0.4, -0.2) is 22.4 Å². The first-order valence-corrected chi connectivity index (χ1v) is 8.13. The minimum atomic E-state index is 0.124. The molecule has 0 amide bonds. The first-order valence-electron chi connectivity index (χ1n) is 6.74. The zero-order valence-corrected chi connectivity index (χ0v) is 12.5. The van der Waals surface area contributed by atoms with Crippen LogP contribution in [0.3, 0.4) is 0 Å². The minimum Gasteiger partial charge on any atom is -0.351 e. The standard InChI is InChI=1S/C15H23NOS/c1-15(2)10-13-12(14(17)11-15)6-8-16(13)7-4-5-9-18-3/h6,8H,4-5,7,9-11H2,1-3H3. The van der Waals surface area contributed by atoms with Gasteiger partial charge in [-0.1, -0.05) is 13.8 Å². The molecule has 18 heavy (non-hydrogen) atoms. The van der Waals surface area contributed by atoms with Crippen molar-refractivity contribution in [3.05, 3.63) is 23.5 Å². The zero-order chi connectivity index (χ0) is 13.2. The second-order valence-electron chi connectivity index (χ2n) is 6.01. The fourth-order valence-corrected chi connectivity index (χ4v) is 3.23. The summed E-state index contributed by atoms with van der Waals surface area (Å²) in [5.41, 5.74) is 2.36. The van der Waals surface area contributed by atoms with Crippen molar-refractivity contribution in [3.63, 3.8) is 0 Å². The van der Waals surface area contributed by atoms with Gasteiger partial charge < -0.3 is 4.57 Å². The molecule has 1 heterocycles. The summed E-state index contributed by atoms with van der Waals surface area (Å²) in [4.78, 5) is 12.1. The van der Waals surface area contributed by atoms with Crippen molar-refractivity contribution in [1.29, 1.82) is 0 Å². The zero-order valence-electron chi connectivity index (χ0n) is 11.7. The molecule has 100 valence electrons. The van der Waals surface area contributed by atoms with E-state index in [9.17, 15) is 4.79 Å². The summed E-state index contributed by atoms with van der Waals surface area (Å²) >= 11 is 1.90. The first-order chi connectivity index (χ1) is 8.53. The van der Waals surface area contributed by atoms with Crippen LogP contribution >= 0.6 is 11.8 Å². The molecule has 0 saturated carbocycles. The molecule has 1 aromatic rings. The third kappa shape index (κ3) is 3.00. The van der Waals surface area contributed by atoms with E-state index >= 15 is 0 Å². The van der Waals surface area contributed by atoms with Crippen LogP contribution in [0.25, 0.3) is 0 Å². The summed E-state index contributed by atoms with van der Waals surface area (Å²) in [7, 11) is 0. The SMILES string of the molecule is CSCCCCn1ccc2c1CC(C)(C)CC2=O. The first kappa shape index (κ1) is 13.7. The van der Waals surface area contributed by atoms with Crippen molar-refractivity contribution in [3.8, 4) is 0 Å². The Hall–Kier alpha value is -0.700. The smallest absolute Gasteiger partial charge is 0.165 e. The van der Waals surface area contributed by atoms with E-state index in [1.54, 1.807) is 0 Å². The van der Waals surface area contributed by atoms with Gasteiger partial charge in [-0.15, -0.1) is 0 Å². The molecule has 0 unspecified atom stereocenters. The summed E-state index contributed by atoms with van der Waals surface area (Å²) in [6.07, 6.45) is 8.43. The minimum absolute atomic E-state index is 0.124. The molecule has 3 heteroatoms. The third-order valence-electron chi connectivity index (χ3n) is 3.66. The van der Waals surface area contributed by atoms with Gasteiger partial charge in [0, 0.05) is 30.4 Å². The molecule has 0 bridgehead atoms. The Bertz CT molecular complexity index is 434. The quantitative estimate of drug-likeness (QED) is 0.756. The third-order valence-corrected chi connectivity index (χ3v) is 4.36. The normalized spacial score (nSPS) is 17.8. The number of fused-ring (bicyclic) bond motifs is 1. The Morgan fingerprint density at radius 1 is 1.33 bits per heavy atom. The van der Waals surface area contributed by atoms with E-state index in [2.05, 4.69) is 30.9 Å². The monoisotopic (exact) mass is 265 g/mol. The molecule has 0 saturated heterocycles. The van der Waals surface area contributed by atoms with Crippen LogP contribution in [0.2, 0.25) is 0 Å². The highest BCUT2D eigenvalue weighted by molar-refractivity contribution is 7.98. The van der Waals surface area contributed by atoms with Crippen LogP contribution in [0.5, 0.6) is 0 Å². The van der Waals surface area contributed by atoms with E-state index in [0.717, 1.165) is 18.5 Å². The number of unbranched alkanes of at least 4 members (excludes halogenated alkanes) is 1. The van der Waals surface area contributed by atoms with Gasteiger partial charge in [-0.2, -0.15) is 11.8 Å². The molecular weight excluding hydrogens is 242 g/mol. The average molecular weight is 265 g/mol. The maximum Gasteiger partial charge on any atom is 0.165 e. The number of thioether (sulfide) groups is 1. The highest BCUT2D eigenvalue weighted by atomic mass is 32.2. The van der Waals surface area contributed by atoms with E-state index in [-0.39, 0.29) is 5.41 Å². The second kappa shape index (κ2) is 5.52. The number of aryl methyl sites for hydroxylation is 1. The maximum atomic E-state index is 12.1. The highest BCUT2D eigenvalue weighted by Gasteiger charge is 2.32. The molecule has 0 atom stereocenters. The molecule has 1 aromatic heterocycles. The van der Waals surface area contributed by atoms with Gasteiger partial charge in [-0.25, -0.2) is 0 Å². The fourth-order valence-electron chi connectivity index (χ4n) is 2.74. The van der Waals surface area contributed by atoms with Crippen LogP contribution in [0.4, 0.5) is 0 Å². The Balaban J connectivity index is 2.08. The molecule has 1 aliphatic carbocycles. The molecule has 2 rings (SSSR count). The van der Waals surface area contributed by atoms with Gasteiger partial charge in [-0.05, 0) is 42.8 Å². The Morgan fingerprint density at radius 3 is 2.83 bits per heavy atom. The second-order valence-corrected chi connectivity index (χ2v) is 7.00.